The van der Waals surface area contributed by atoms with Crippen molar-refractivity contribution in [3.8, 4) is 0 Å². The van der Waals surface area contributed by atoms with E-state index in [2.05, 4.69) is 31.7 Å². The van der Waals surface area contributed by atoms with Crippen molar-refractivity contribution >= 4 is 19.3 Å². The van der Waals surface area contributed by atoms with Crippen molar-refractivity contribution in [2.24, 2.45) is 0 Å². The monoisotopic (exact) mass is 334 g/mol. The lowest BCUT2D eigenvalue weighted by atomic mass is 10.1. The van der Waals surface area contributed by atoms with Gasteiger partial charge in [-0.25, -0.2) is 0 Å². The Bertz CT molecular complexity index is 679. The van der Waals surface area contributed by atoms with E-state index < -0.39 is 19.7 Å². The van der Waals surface area contributed by atoms with Crippen molar-refractivity contribution < 1.29 is 13.2 Å². The molecule has 120 valence electrons. The molecular weight excluding hydrogens is 316 g/mol. The van der Waals surface area contributed by atoms with Gasteiger partial charge in [-0.3, -0.25) is 0 Å². The van der Waals surface area contributed by atoms with Crippen molar-refractivity contribution in [3.05, 3.63) is 77.3 Å². The molecule has 0 aromatic heterocycles. The van der Waals surface area contributed by atoms with Crippen molar-refractivity contribution in [3.63, 3.8) is 0 Å². The molecule has 0 amide bonds. The van der Waals surface area contributed by atoms with Gasteiger partial charge < -0.3 is 0 Å². The lowest BCUT2D eigenvalue weighted by Gasteiger charge is -2.16. The molecule has 0 aliphatic heterocycles. The lowest BCUT2D eigenvalue weighted by Crippen LogP contribution is -2.05. The van der Waals surface area contributed by atoms with Gasteiger partial charge in [0.15, 0.2) is 0 Å². The summed E-state index contributed by atoms with van der Waals surface area (Å²) >= 11 is 0. The van der Waals surface area contributed by atoms with E-state index in [0.717, 1.165) is 12.1 Å². The summed E-state index contributed by atoms with van der Waals surface area (Å²) < 4.78 is 37.6. The van der Waals surface area contributed by atoms with E-state index in [1.165, 1.54) is 17.4 Å². The van der Waals surface area contributed by atoms with E-state index in [1.807, 2.05) is 24.0 Å². The first-order valence-electron chi connectivity index (χ1n) is 7.31. The van der Waals surface area contributed by atoms with E-state index in [4.69, 9.17) is 0 Å². The number of hydrogen-bond donors (Lipinski definition) is 0. The fraction of sp³-hybridized carbons (Fsp3) is 0.211. The second-order valence-corrected chi connectivity index (χ2v) is 8.02. The fourth-order valence-electron chi connectivity index (χ4n) is 2.10. The molecule has 0 radical (unpaired) electrons. The third-order valence-electron chi connectivity index (χ3n) is 3.31. The molecule has 2 aromatic carbocycles. The van der Waals surface area contributed by atoms with Crippen LogP contribution in [-0.4, -0.2) is 5.66 Å². The smallest absolute Gasteiger partial charge is 0.166 e. The average molecular weight is 334 g/mol. The molecule has 0 N–H and O–H groups in total. The molecular formula is C19H18F3P. The van der Waals surface area contributed by atoms with Gasteiger partial charge in [0.1, 0.15) is 0 Å². The minimum absolute atomic E-state index is 0.473. The van der Waals surface area contributed by atoms with Crippen LogP contribution < -0.4 is 5.30 Å². The predicted octanol–water partition coefficient (Wildman–Crippen LogP) is 6.05. The van der Waals surface area contributed by atoms with Gasteiger partial charge in [0.05, 0.1) is 5.56 Å². The van der Waals surface area contributed by atoms with Gasteiger partial charge in [0, 0.05) is 0 Å². The van der Waals surface area contributed by atoms with Crippen LogP contribution in [0.2, 0.25) is 0 Å². The Balaban J connectivity index is 2.18. The summed E-state index contributed by atoms with van der Waals surface area (Å²) in [6.07, 6.45) is -2.57. The maximum atomic E-state index is 12.5. The molecule has 0 heterocycles. The average Bonchev–Trinajstić information content (AvgIpc) is 2.51. The number of rotatable bonds is 4. The maximum absolute atomic E-state index is 12.5. The highest BCUT2D eigenvalue weighted by molar-refractivity contribution is 7.69. The molecule has 23 heavy (non-hydrogen) atoms. The zero-order valence-electron chi connectivity index (χ0n) is 13.0. The van der Waals surface area contributed by atoms with Crippen LogP contribution in [-0.2, 0) is 6.18 Å². The topological polar surface area (TPSA) is 0 Å². The molecule has 0 saturated carbocycles. The second kappa shape index (κ2) is 7.64. The highest BCUT2D eigenvalue weighted by atomic mass is 31.1. The minimum atomic E-state index is -4.29. The summed E-state index contributed by atoms with van der Waals surface area (Å²) in [4.78, 5) is 0. The van der Waals surface area contributed by atoms with Crippen LogP contribution in [0.1, 0.15) is 25.0 Å². The van der Waals surface area contributed by atoms with Crippen LogP contribution in [0.25, 0.3) is 6.08 Å². The van der Waals surface area contributed by atoms with Crippen LogP contribution in [0, 0.1) is 0 Å². The Hall–Kier alpha value is -1.82. The Morgan fingerprint density at radius 1 is 0.957 bits per heavy atom. The number of halogens is 3. The molecule has 0 saturated heterocycles. The van der Waals surface area contributed by atoms with Gasteiger partial charge in [0.2, 0.25) is 0 Å². The Kier molecular flexibility index (Phi) is 5.82. The normalized spacial score (nSPS) is 12.6. The number of alkyl halides is 3. The highest BCUT2D eigenvalue weighted by Crippen LogP contribution is 2.41. The Morgan fingerprint density at radius 2 is 1.57 bits per heavy atom. The molecule has 0 spiro atoms. The molecule has 1 unspecified atom stereocenters. The van der Waals surface area contributed by atoms with Crippen molar-refractivity contribution in [1.82, 2.24) is 0 Å². The molecule has 0 aliphatic carbocycles. The molecule has 2 aromatic rings. The largest absolute Gasteiger partial charge is 0.416 e. The summed E-state index contributed by atoms with van der Waals surface area (Å²) in [7, 11) is -0.483. The Morgan fingerprint density at radius 3 is 2.09 bits per heavy atom. The zero-order chi connectivity index (χ0) is 16.9. The molecule has 0 fully saturated rings. The highest BCUT2D eigenvalue weighted by Gasteiger charge is 2.29. The molecule has 4 heteroatoms. The third kappa shape index (κ3) is 5.10. The van der Waals surface area contributed by atoms with Crippen LogP contribution in [0.15, 0.2) is 66.1 Å². The van der Waals surface area contributed by atoms with Crippen LogP contribution >= 0.6 is 7.92 Å². The summed E-state index contributed by atoms with van der Waals surface area (Å²) in [5.74, 6) is 2.03. The molecule has 1 atom stereocenters. The first-order chi connectivity index (χ1) is 10.9. The standard InChI is InChI=1S/C19H18F3P/c1-15(2)23(18-8-4-3-5-9-18)14-6-7-16-10-12-17(13-11-16)19(20,21)22/h3-5,7-15H,1-2H3. The van der Waals surface area contributed by atoms with E-state index >= 15 is 0 Å². The summed E-state index contributed by atoms with van der Waals surface area (Å²) in [5.41, 5.74) is 3.69. The number of benzene rings is 2. The fourth-order valence-corrected chi connectivity index (χ4v) is 3.90. The quantitative estimate of drug-likeness (QED) is 0.472. The number of hydrogen-bond acceptors (Lipinski definition) is 0. The minimum Gasteiger partial charge on any atom is -0.166 e. The van der Waals surface area contributed by atoms with Gasteiger partial charge in [-0.15, -0.1) is 5.73 Å². The van der Waals surface area contributed by atoms with Crippen molar-refractivity contribution in [1.29, 1.82) is 0 Å². The van der Waals surface area contributed by atoms with Crippen LogP contribution in [0.3, 0.4) is 0 Å². The van der Waals surface area contributed by atoms with Crippen molar-refractivity contribution in [2.75, 3.05) is 0 Å². The lowest BCUT2D eigenvalue weighted by molar-refractivity contribution is -0.137. The van der Waals surface area contributed by atoms with Gasteiger partial charge in [-0.05, 0) is 48.5 Å². The first-order valence-corrected chi connectivity index (χ1v) is 8.79. The first kappa shape index (κ1) is 17.5. The molecule has 0 aliphatic rings. The maximum Gasteiger partial charge on any atom is 0.416 e. The second-order valence-electron chi connectivity index (χ2n) is 5.40. The predicted molar refractivity (Wildman–Crippen MR) is 92.1 cm³/mol. The summed E-state index contributed by atoms with van der Waals surface area (Å²) in [5, 5.41) is 1.27. The van der Waals surface area contributed by atoms with E-state index in [-0.39, 0.29) is 0 Å². The third-order valence-corrected chi connectivity index (χ3v) is 5.75. The van der Waals surface area contributed by atoms with Crippen LogP contribution in [0.5, 0.6) is 0 Å². The van der Waals surface area contributed by atoms with Gasteiger partial charge >= 0.3 is 6.18 Å². The van der Waals surface area contributed by atoms with Gasteiger partial charge in [-0.2, -0.15) is 13.2 Å². The molecule has 2 rings (SSSR count). The zero-order valence-corrected chi connectivity index (χ0v) is 13.9. The van der Waals surface area contributed by atoms with Gasteiger partial charge in [-0.1, -0.05) is 56.3 Å². The summed E-state index contributed by atoms with van der Waals surface area (Å²) in [6, 6.07) is 15.3. The van der Waals surface area contributed by atoms with E-state index in [9.17, 15) is 13.2 Å². The van der Waals surface area contributed by atoms with Crippen LogP contribution in [0.4, 0.5) is 13.2 Å². The van der Waals surface area contributed by atoms with Gasteiger partial charge in [0.25, 0.3) is 0 Å². The summed E-state index contributed by atoms with van der Waals surface area (Å²) in [6.45, 7) is 4.32. The Labute approximate surface area is 136 Å². The van der Waals surface area contributed by atoms with E-state index in [0.29, 0.717) is 11.2 Å². The van der Waals surface area contributed by atoms with Crippen molar-refractivity contribution in [2.45, 2.75) is 25.7 Å². The molecule has 0 bridgehead atoms. The SMILES string of the molecule is CC(C)P(C=C=Cc1ccc(C(F)(F)F)cc1)c1ccccc1. The molecule has 0 nitrogen and oxygen atoms in total. The van der Waals surface area contributed by atoms with E-state index in [1.54, 1.807) is 6.08 Å².